The van der Waals surface area contributed by atoms with E-state index in [0.717, 1.165) is 26.2 Å². The lowest BCUT2D eigenvalue weighted by molar-refractivity contribution is -0.138. The third-order valence-corrected chi connectivity index (χ3v) is 6.31. The smallest absolute Gasteiger partial charge is 0.266 e. The van der Waals surface area contributed by atoms with Gasteiger partial charge in [0.2, 0.25) is 0 Å². The van der Waals surface area contributed by atoms with Crippen molar-refractivity contribution in [3.63, 3.8) is 0 Å². The molecular weight excluding hydrogens is 412 g/mol. The van der Waals surface area contributed by atoms with Crippen molar-refractivity contribution in [2.45, 2.75) is 32.1 Å². The molecule has 0 spiro atoms. The minimum Gasteiger partial charge on any atom is -0.374 e. The Morgan fingerprint density at radius 2 is 1.45 bits per heavy atom. The van der Waals surface area contributed by atoms with Crippen molar-refractivity contribution < 1.29 is 9.53 Å². The number of carbonyl (C=O) groups is 1. The molecule has 4 rings (SSSR count). The van der Waals surface area contributed by atoms with Crippen LogP contribution >= 0.6 is 0 Å². The van der Waals surface area contributed by atoms with Gasteiger partial charge in [0, 0.05) is 45.5 Å². The maximum absolute atomic E-state index is 13.0. The number of ether oxygens (including phenoxy) is 1. The molecule has 2 saturated heterocycles. The summed E-state index contributed by atoms with van der Waals surface area (Å²) in [4.78, 5) is 19.3. The van der Waals surface area contributed by atoms with Gasteiger partial charge in [-0.15, -0.1) is 0 Å². The number of benzene rings is 2. The van der Waals surface area contributed by atoms with Crippen molar-refractivity contribution >= 4 is 5.91 Å². The van der Waals surface area contributed by atoms with Gasteiger partial charge in [-0.05, 0) is 25.0 Å². The Balaban J connectivity index is 1.45. The standard InChI is InChI=1S/C27H32N4O2/c1-21-18-31(19-22(2)33-21)27(32)25(17-28)20-29-13-15-30(16-14-29)26(23-9-5-3-6-10-23)24-11-7-4-8-12-24/h3-12,20-22,26H,13-16,18-19H2,1-2H3/b25-20-. The summed E-state index contributed by atoms with van der Waals surface area (Å²) in [6, 6.07) is 23.5. The molecule has 6 heteroatoms. The molecule has 0 saturated carbocycles. The number of piperazine rings is 1. The van der Waals surface area contributed by atoms with Crippen molar-refractivity contribution in [2.75, 3.05) is 39.3 Å². The van der Waals surface area contributed by atoms with E-state index in [1.807, 2.05) is 26.0 Å². The molecule has 33 heavy (non-hydrogen) atoms. The van der Waals surface area contributed by atoms with Crippen LogP contribution in [0.1, 0.15) is 31.0 Å². The van der Waals surface area contributed by atoms with Gasteiger partial charge in [0.15, 0.2) is 0 Å². The highest BCUT2D eigenvalue weighted by Crippen LogP contribution is 2.29. The molecule has 2 aliphatic rings. The highest BCUT2D eigenvalue weighted by Gasteiger charge is 2.29. The van der Waals surface area contributed by atoms with Crippen LogP contribution in [0.2, 0.25) is 0 Å². The molecular formula is C27H32N4O2. The predicted octanol–water partition coefficient (Wildman–Crippen LogP) is 3.44. The first-order valence-corrected chi connectivity index (χ1v) is 11.7. The van der Waals surface area contributed by atoms with Crippen LogP contribution in [0.25, 0.3) is 0 Å². The zero-order valence-electron chi connectivity index (χ0n) is 19.4. The van der Waals surface area contributed by atoms with Gasteiger partial charge in [-0.3, -0.25) is 9.69 Å². The largest absolute Gasteiger partial charge is 0.374 e. The highest BCUT2D eigenvalue weighted by atomic mass is 16.5. The van der Waals surface area contributed by atoms with Crippen LogP contribution in [0, 0.1) is 11.3 Å². The average molecular weight is 445 g/mol. The lowest BCUT2D eigenvalue weighted by Gasteiger charge is -2.40. The Morgan fingerprint density at radius 1 is 0.939 bits per heavy atom. The number of carbonyl (C=O) groups excluding carboxylic acids is 1. The summed E-state index contributed by atoms with van der Waals surface area (Å²) >= 11 is 0. The molecule has 2 aromatic rings. The molecule has 6 nitrogen and oxygen atoms in total. The van der Waals surface area contributed by atoms with E-state index < -0.39 is 0 Å². The quantitative estimate of drug-likeness (QED) is 0.522. The van der Waals surface area contributed by atoms with E-state index in [4.69, 9.17) is 4.74 Å². The predicted molar refractivity (Wildman–Crippen MR) is 128 cm³/mol. The van der Waals surface area contributed by atoms with Gasteiger partial charge in [0.25, 0.3) is 5.91 Å². The lowest BCUT2D eigenvalue weighted by Crippen LogP contribution is -2.49. The van der Waals surface area contributed by atoms with E-state index in [1.165, 1.54) is 11.1 Å². The molecule has 2 heterocycles. The maximum Gasteiger partial charge on any atom is 0.266 e. The monoisotopic (exact) mass is 444 g/mol. The fourth-order valence-corrected chi connectivity index (χ4v) is 4.84. The van der Waals surface area contributed by atoms with Gasteiger partial charge in [0.05, 0.1) is 18.2 Å². The van der Waals surface area contributed by atoms with Gasteiger partial charge < -0.3 is 14.5 Å². The van der Waals surface area contributed by atoms with Crippen LogP contribution < -0.4 is 0 Å². The summed E-state index contributed by atoms with van der Waals surface area (Å²) < 4.78 is 5.72. The minimum atomic E-state index is -0.201. The maximum atomic E-state index is 13.0. The first kappa shape index (κ1) is 23.0. The van der Waals surface area contributed by atoms with Crippen LogP contribution in [0.4, 0.5) is 0 Å². The number of hydrogen-bond donors (Lipinski definition) is 0. The second-order valence-electron chi connectivity index (χ2n) is 8.92. The van der Waals surface area contributed by atoms with E-state index in [1.54, 1.807) is 11.1 Å². The number of hydrogen-bond acceptors (Lipinski definition) is 5. The SMILES string of the molecule is CC1CN(C(=O)/C(C#N)=C\N2CCN(C(c3ccccc3)c3ccccc3)CC2)CC(C)O1. The van der Waals surface area contributed by atoms with Gasteiger partial charge in [-0.25, -0.2) is 0 Å². The van der Waals surface area contributed by atoms with Crippen LogP contribution in [0.15, 0.2) is 72.4 Å². The molecule has 0 aliphatic carbocycles. The summed E-state index contributed by atoms with van der Waals surface area (Å²) in [5.74, 6) is -0.201. The molecule has 2 atom stereocenters. The Morgan fingerprint density at radius 3 is 1.94 bits per heavy atom. The topological polar surface area (TPSA) is 59.8 Å². The molecule has 2 unspecified atom stereocenters. The Hall–Kier alpha value is -3.14. The molecule has 172 valence electrons. The average Bonchev–Trinajstić information content (AvgIpc) is 2.84. The second kappa shape index (κ2) is 10.7. The molecule has 0 aromatic heterocycles. The van der Waals surface area contributed by atoms with Crippen LogP contribution in [-0.2, 0) is 9.53 Å². The first-order chi connectivity index (χ1) is 16.0. The van der Waals surface area contributed by atoms with Gasteiger partial charge in [-0.1, -0.05) is 60.7 Å². The Labute approximate surface area is 196 Å². The summed E-state index contributed by atoms with van der Waals surface area (Å²) in [5, 5.41) is 9.69. The summed E-state index contributed by atoms with van der Waals surface area (Å²) in [7, 11) is 0. The highest BCUT2D eigenvalue weighted by molar-refractivity contribution is 5.97. The fraction of sp³-hybridized carbons (Fsp3) is 0.407. The van der Waals surface area contributed by atoms with Crippen LogP contribution in [0.3, 0.4) is 0 Å². The fourth-order valence-electron chi connectivity index (χ4n) is 4.84. The third kappa shape index (κ3) is 5.62. The van der Waals surface area contributed by atoms with E-state index >= 15 is 0 Å². The van der Waals surface area contributed by atoms with Crippen molar-refractivity contribution in [1.29, 1.82) is 5.26 Å². The number of nitrogens with zero attached hydrogens (tertiary/aromatic N) is 4. The number of amides is 1. The lowest BCUT2D eigenvalue weighted by atomic mass is 9.96. The molecule has 0 N–H and O–H groups in total. The van der Waals surface area contributed by atoms with E-state index in [9.17, 15) is 10.1 Å². The first-order valence-electron chi connectivity index (χ1n) is 11.7. The number of rotatable bonds is 5. The van der Waals surface area contributed by atoms with Crippen molar-refractivity contribution in [3.05, 3.63) is 83.6 Å². The Kier molecular flexibility index (Phi) is 7.43. The summed E-state index contributed by atoms with van der Waals surface area (Å²) in [5.41, 5.74) is 2.75. The second-order valence-corrected chi connectivity index (χ2v) is 8.92. The summed E-state index contributed by atoms with van der Waals surface area (Å²) in [6.07, 6.45) is 1.72. The van der Waals surface area contributed by atoms with Gasteiger partial charge in [0.1, 0.15) is 11.6 Å². The van der Waals surface area contributed by atoms with Crippen molar-refractivity contribution in [3.8, 4) is 6.07 Å². The molecule has 2 fully saturated rings. The van der Waals surface area contributed by atoms with Gasteiger partial charge in [-0.2, -0.15) is 5.26 Å². The zero-order valence-corrected chi connectivity index (χ0v) is 19.4. The summed E-state index contributed by atoms with van der Waals surface area (Å²) in [6.45, 7) is 8.20. The molecule has 2 aliphatic heterocycles. The normalized spacial score (nSPS) is 22.3. The van der Waals surface area contributed by atoms with Crippen molar-refractivity contribution in [1.82, 2.24) is 14.7 Å². The molecule has 0 radical (unpaired) electrons. The van der Waals surface area contributed by atoms with Crippen LogP contribution in [0.5, 0.6) is 0 Å². The van der Waals surface area contributed by atoms with E-state index in [2.05, 4.69) is 64.4 Å². The van der Waals surface area contributed by atoms with E-state index in [0.29, 0.717) is 13.1 Å². The van der Waals surface area contributed by atoms with Crippen molar-refractivity contribution in [2.24, 2.45) is 0 Å². The molecule has 0 bridgehead atoms. The Bertz CT molecular complexity index is 944. The number of morpholine rings is 1. The molecule has 2 aromatic carbocycles. The van der Waals surface area contributed by atoms with Gasteiger partial charge >= 0.3 is 0 Å². The van der Waals surface area contributed by atoms with Crippen LogP contribution in [-0.4, -0.2) is 72.1 Å². The zero-order chi connectivity index (χ0) is 23.2. The molecule has 1 amide bonds. The van der Waals surface area contributed by atoms with E-state index in [-0.39, 0.29) is 29.7 Å². The number of nitriles is 1. The third-order valence-electron chi connectivity index (χ3n) is 6.31. The minimum absolute atomic E-state index is 0.0194.